The monoisotopic (exact) mass is 358 g/mol. The van der Waals surface area contributed by atoms with Crippen molar-refractivity contribution in [2.75, 3.05) is 44.2 Å². The molecule has 1 aromatic rings. The molecule has 0 N–H and O–H groups in total. The Morgan fingerprint density at radius 2 is 1.77 bits per heavy atom. The third-order valence-corrected chi connectivity index (χ3v) is 5.46. The zero-order chi connectivity index (χ0) is 18.8. The molecular formula is C20H30N4O2. The third kappa shape index (κ3) is 4.00. The molecule has 1 atom stereocenters. The summed E-state index contributed by atoms with van der Waals surface area (Å²) in [4.78, 5) is 34.8. The maximum Gasteiger partial charge on any atom is 0.225 e. The van der Waals surface area contributed by atoms with Crippen LogP contribution < -0.4 is 4.90 Å². The lowest BCUT2D eigenvalue weighted by atomic mass is 10.0. The van der Waals surface area contributed by atoms with Crippen molar-refractivity contribution < 1.29 is 9.59 Å². The van der Waals surface area contributed by atoms with Crippen LogP contribution in [0.4, 0.5) is 5.69 Å². The van der Waals surface area contributed by atoms with Gasteiger partial charge in [-0.15, -0.1) is 0 Å². The minimum atomic E-state index is 0.0485. The van der Waals surface area contributed by atoms with Crippen molar-refractivity contribution in [2.45, 2.75) is 40.0 Å². The number of piperazine rings is 1. The van der Waals surface area contributed by atoms with Crippen LogP contribution in [0.25, 0.3) is 0 Å². The fraction of sp³-hybridized carbons (Fsp3) is 0.650. The molecule has 2 aliphatic rings. The highest BCUT2D eigenvalue weighted by atomic mass is 16.2. The van der Waals surface area contributed by atoms with Gasteiger partial charge >= 0.3 is 0 Å². The predicted molar refractivity (Wildman–Crippen MR) is 102 cm³/mol. The van der Waals surface area contributed by atoms with Gasteiger partial charge in [0, 0.05) is 75.1 Å². The lowest BCUT2D eigenvalue weighted by molar-refractivity contribution is -0.133. The van der Waals surface area contributed by atoms with Crippen molar-refractivity contribution in [2.24, 2.45) is 5.92 Å². The fourth-order valence-electron chi connectivity index (χ4n) is 3.91. The number of pyridine rings is 1. The van der Waals surface area contributed by atoms with E-state index < -0.39 is 0 Å². The Bertz CT molecular complexity index is 680. The van der Waals surface area contributed by atoms with Crippen LogP contribution in [-0.2, 0) is 9.59 Å². The van der Waals surface area contributed by atoms with E-state index in [1.165, 1.54) is 5.69 Å². The predicted octanol–water partition coefficient (Wildman–Crippen LogP) is 2.03. The molecule has 2 aliphatic heterocycles. The molecule has 1 aromatic heterocycles. The highest BCUT2D eigenvalue weighted by Gasteiger charge is 2.30. The SMILES string of the molecule is CC(=O)N1CCN(c2cc(C)nc([C@@H]3CCN(C(=O)C(C)C)C3)c2)CC1. The van der Waals surface area contributed by atoms with Crippen LogP contribution >= 0.6 is 0 Å². The van der Waals surface area contributed by atoms with Crippen LogP contribution in [0.15, 0.2) is 12.1 Å². The van der Waals surface area contributed by atoms with Gasteiger partial charge in [0.25, 0.3) is 0 Å². The van der Waals surface area contributed by atoms with E-state index in [0.29, 0.717) is 5.92 Å². The van der Waals surface area contributed by atoms with Crippen LogP contribution in [0, 0.1) is 12.8 Å². The number of aryl methyl sites for hydroxylation is 1. The van der Waals surface area contributed by atoms with Crippen LogP contribution in [0.5, 0.6) is 0 Å². The molecule has 2 fully saturated rings. The Labute approximate surface area is 156 Å². The van der Waals surface area contributed by atoms with Gasteiger partial charge in [-0.25, -0.2) is 0 Å². The molecule has 2 saturated heterocycles. The number of anilines is 1. The van der Waals surface area contributed by atoms with Crippen molar-refractivity contribution in [3.05, 3.63) is 23.5 Å². The Balaban J connectivity index is 1.71. The van der Waals surface area contributed by atoms with Gasteiger partial charge in [0.05, 0.1) is 0 Å². The number of hydrogen-bond donors (Lipinski definition) is 0. The molecule has 0 aliphatic carbocycles. The van der Waals surface area contributed by atoms with E-state index in [2.05, 4.69) is 17.0 Å². The van der Waals surface area contributed by atoms with Gasteiger partial charge in [-0.3, -0.25) is 14.6 Å². The largest absolute Gasteiger partial charge is 0.368 e. The van der Waals surface area contributed by atoms with Crippen LogP contribution in [-0.4, -0.2) is 65.9 Å². The zero-order valence-electron chi connectivity index (χ0n) is 16.4. The molecule has 0 saturated carbocycles. The van der Waals surface area contributed by atoms with E-state index in [0.717, 1.165) is 57.1 Å². The highest BCUT2D eigenvalue weighted by Crippen LogP contribution is 2.30. The van der Waals surface area contributed by atoms with Crippen LogP contribution in [0.1, 0.15) is 44.5 Å². The van der Waals surface area contributed by atoms with Crippen molar-refractivity contribution >= 4 is 17.5 Å². The van der Waals surface area contributed by atoms with Crippen LogP contribution in [0.2, 0.25) is 0 Å². The minimum absolute atomic E-state index is 0.0485. The summed E-state index contributed by atoms with van der Waals surface area (Å²) in [5, 5.41) is 0. The minimum Gasteiger partial charge on any atom is -0.368 e. The second kappa shape index (κ2) is 7.64. The van der Waals surface area contributed by atoms with E-state index in [9.17, 15) is 9.59 Å². The summed E-state index contributed by atoms with van der Waals surface area (Å²) in [6.07, 6.45) is 0.979. The number of amides is 2. The van der Waals surface area contributed by atoms with Crippen molar-refractivity contribution in [3.63, 3.8) is 0 Å². The van der Waals surface area contributed by atoms with E-state index in [4.69, 9.17) is 4.98 Å². The number of aromatic nitrogens is 1. The number of carbonyl (C=O) groups is 2. The van der Waals surface area contributed by atoms with Crippen molar-refractivity contribution in [3.8, 4) is 0 Å². The second-order valence-electron chi connectivity index (χ2n) is 7.81. The number of likely N-dealkylation sites (tertiary alicyclic amines) is 1. The van der Waals surface area contributed by atoms with Crippen LogP contribution in [0.3, 0.4) is 0 Å². The molecule has 142 valence electrons. The first-order chi connectivity index (χ1) is 12.3. The number of nitrogens with zero attached hydrogens (tertiary/aromatic N) is 4. The average Bonchev–Trinajstić information content (AvgIpc) is 3.10. The number of hydrogen-bond acceptors (Lipinski definition) is 4. The van der Waals surface area contributed by atoms with Crippen molar-refractivity contribution in [1.82, 2.24) is 14.8 Å². The van der Waals surface area contributed by atoms with Gasteiger partial charge in [-0.1, -0.05) is 13.8 Å². The van der Waals surface area contributed by atoms with Gasteiger partial charge in [-0.2, -0.15) is 0 Å². The molecule has 6 heteroatoms. The van der Waals surface area contributed by atoms with Gasteiger partial charge in [0.15, 0.2) is 0 Å². The quantitative estimate of drug-likeness (QED) is 0.830. The molecule has 0 spiro atoms. The molecule has 2 amide bonds. The topological polar surface area (TPSA) is 56.8 Å². The van der Waals surface area contributed by atoms with Gasteiger partial charge < -0.3 is 14.7 Å². The van der Waals surface area contributed by atoms with Gasteiger partial charge in [-0.05, 0) is 25.5 Å². The third-order valence-electron chi connectivity index (χ3n) is 5.46. The second-order valence-corrected chi connectivity index (χ2v) is 7.81. The van der Waals surface area contributed by atoms with E-state index >= 15 is 0 Å². The number of rotatable bonds is 3. The molecule has 3 heterocycles. The average molecular weight is 358 g/mol. The summed E-state index contributed by atoms with van der Waals surface area (Å²) >= 11 is 0. The smallest absolute Gasteiger partial charge is 0.225 e. The molecule has 6 nitrogen and oxygen atoms in total. The summed E-state index contributed by atoms with van der Waals surface area (Å²) in [5.41, 5.74) is 3.29. The van der Waals surface area contributed by atoms with E-state index in [1.807, 2.05) is 30.6 Å². The van der Waals surface area contributed by atoms with E-state index in [-0.39, 0.29) is 17.7 Å². The highest BCUT2D eigenvalue weighted by molar-refractivity contribution is 5.78. The summed E-state index contributed by atoms with van der Waals surface area (Å²) < 4.78 is 0. The molecule has 0 radical (unpaired) electrons. The molecular weight excluding hydrogens is 328 g/mol. The maximum atomic E-state index is 12.3. The Kier molecular flexibility index (Phi) is 5.49. The molecule has 0 aromatic carbocycles. The lowest BCUT2D eigenvalue weighted by Gasteiger charge is -2.36. The zero-order valence-corrected chi connectivity index (χ0v) is 16.4. The first-order valence-electron chi connectivity index (χ1n) is 9.63. The summed E-state index contributed by atoms with van der Waals surface area (Å²) in [5.74, 6) is 0.750. The molecule has 26 heavy (non-hydrogen) atoms. The normalized spacial score (nSPS) is 20.8. The van der Waals surface area contributed by atoms with Gasteiger partial charge in [0.2, 0.25) is 11.8 Å². The Morgan fingerprint density at radius 3 is 2.38 bits per heavy atom. The van der Waals surface area contributed by atoms with Gasteiger partial charge in [0.1, 0.15) is 0 Å². The van der Waals surface area contributed by atoms with Crippen molar-refractivity contribution in [1.29, 1.82) is 0 Å². The lowest BCUT2D eigenvalue weighted by Crippen LogP contribution is -2.48. The fourth-order valence-corrected chi connectivity index (χ4v) is 3.91. The van der Waals surface area contributed by atoms with E-state index in [1.54, 1.807) is 6.92 Å². The molecule has 0 unspecified atom stereocenters. The summed E-state index contributed by atoms with van der Waals surface area (Å²) in [6.45, 7) is 12.4. The first-order valence-corrected chi connectivity index (χ1v) is 9.63. The standard InChI is InChI=1S/C20H30N4O2/c1-14(2)20(26)24-6-5-17(13-24)19-12-18(11-15(3)21-19)23-9-7-22(8-10-23)16(4)25/h11-12,14,17H,5-10,13H2,1-4H3/t17-/m1/s1. The Morgan fingerprint density at radius 1 is 1.08 bits per heavy atom. The molecule has 3 rings (SSSR count). The summed E-state index contributed by atoms with van der Waals surface area (Å²) in [7, 11) is 0. The maximum absolute atomic E-state index is 12.3. The Hall–Kier alpha value is -2.11. The number of carbonyl (C=O) groups excluding carboxylic acids is 2. The molecule has 0 bridgehead atoms. The summed E-state index contributed by atoms with van der Waals surface area (Å²) in [6, 6.07) is 4.31. The first kappa shape index (κ1) is 18.7.